The largest absolute Gasteiger partial charge is 0.458 e. The first kappa shape index (κ1) is 14.9. The van der Waals surface area contributed by atoms with Crippen LogP contribution in [0.25, 0.3) is 0 Å². The van der Waals surface area contributed by atoms with Crippen molar-refractivity contribution in [2.24, 2.45) is 0 Å². The van der Waals surface area contributed by atoms with E-state index in [1.807, 2.05) is 0 Å². The average Bonchev–Trinajstić information content (AvgIpc) is 2.34. The van der Waals surface area contributed by atoms with Crippen molar-refractivity contribution in [3.8, 4) is 0 Å². The summed E-state index contributed by atoms with van der Waals surface area (Å²) in [5.74, 6) is -1.48. The van der Waals surface area contributed by atoms with E-state index < -0.39 is 11.9 Å². The van der Waals surface area contributed by atoms with Gasteiger partial charge < -0.3 is 9.47 Å². The van der Waals surface area contributed by atoms with E-state index in [-0.39, 0.29) is 18.8 Å². The van der Waals surface area contributed by atoms with Gasteiger partial charge in [-0.15, -0.1) is 0 Å². The van der Waals surface area contributed by atoms with Crippen LogP contribution in [0.1, 0.15) is 6.92 Å². The average molecular weight is 236 g/mol. The van der Waals surface area contributed by atoms with Crippen LogP contribution in [-0.2, 0) is 19.1 Å². The molecule has 0 spiro atoms. The molecule has 0 aliphatic rings. The normalized spacial score (nSPS) is 9.47. The Morgan fingerprint density at radius 3 is 1.88 bits per heavy atom. The van der Waals surface area contributed by atoms with E-state index in [0.717, 1.165) is 0 Å². The first-order valence-corrected chi connectivity index (χ1v) is 5.06. The summed E-state index contributed by atoms with van der Waals surface area (Å²) in [6.45, 7) is 8.66. The van der Waals surface area contributed by atoms with Gasteiger partial charge in [0.1, 0.15) is 18.8 Å². The topological polar surface area (TPSA) is 52.6 Å². The molecule has 0 aromatic rings. The smallest absolute Gasteiger partial charge is 0.345 e. The molecule has 0 saturated carbocycles. The summed E-state index contributed by atoms with van der Waals surface area (Å²) in [4.78, 5) is 23.0. The van der Waals surface area contributed by atoms with Gasteiger partial charge in [0.05, 0.1) is 0 Å². The predicted octanol–water partition coefficient (Wildman–Crippen LogP) is 1.95. The number of allylic oxidation sites excluding steroid dienone is 3. The van der Waals surface area contributed by atoms with Crippen LogP contribution in [0.2, 0.25) is 0 Å². The van der Waals surface area contributed by atoms with Crippen LogP contribution in [-0.4, -0.2) is 25.2 Å². The number of carbonyl (C=O) groups is 2. The molecule has 0 aromatic carbocycles. The Balaban J connectivity index is 4.74. The summed E-state index contributed by atoms with van der Waals surface area (Å²) in [5.41, 5.74) is -0.160. The maximum atomic E-state index is 11.5. The van der Waals surface area contributed by atoms with E-state index in [1.54, 1.807) is 19.1 Å². The van der Waals surface area contributed by atoms with Crippen molar-refractivity contribution in [1.82, 2.24) is 0 Å². The minimum Gasteiger partial charge on any atom is -0.458 e. The van der Waals surface area contributed by atoms with Gasteiger partial charge in [-0.2, -0.15) is 0 Å². The van der Waals surface area contributed by atoms with Crippen LogP contribution in [0.15, 0.2) is 49.1 Å². The number of esters is 2. The van der Waals surface area contributed by atoms with Gasteiger partial charge in [-0.1, -0.05) is 37.5 Å². The standard InChI is InChI=1S/C13H16O4/c1-4-7-8-11(12(14)16-9-5-2)13(15)17-10-6-3/h4-8H,2-3,9-10H2,1H3/b7-4+. The Hall–Kier alpha value is -2.10. The Kier molecular flexibility index (Phi) is 8.02. The molecule has 0 heterocycles. The molecular formula is C13H16O4. The summed E-state index contributed by atoms with van der Waals surface area (Å²) in [7, 11) is 0. The molecule has 0 N–H and O–H groups in total. The summed E-state index contributed by atoms with van der Waals surface area (Å²) in [5, 5.41) is 0. The van der Waals surface area contributed by atoms with Crippen molar-refractivity contribution in [3.05, 3.63) is 49.1 Å². The zero-order valence-electron chi connectivity index (χ0n) is 9.85. The molecule has 0 fully saturated rings. The van der Waals surface area contributed by atoms with Gasteiger partial charge in [0.15, 0.2) is 0 Å². The highest BCUT2D eigenvalue weighted by atomic mass is 16.6. The molecule has 4 nitrogen and oxygen atoms in total. The van der Waals surface area contributed by atoms with Gasteiger partial charge >= 0.3 is 11.9 Å². The molecule has 4 heteroatoms. The predicted molar refractivity (Wildman–Crippen MR) is 65.2 cm³/mol. The highest BCUT2D eigenvalue weighted by Crippen LogP contribution is 2.03. The molecule has 17 heavy (non-hydrogen) atoms. The van der Waals surface area contributed by atoms with Crippen molar-refractivity contribution < 1.29 is 19.1 Å². The summed E-state index contributed by atoms with van der Waals surface area (Å²) >= 11 is 0. The van der Waals surface area contributed by atoms with Gasteiger partial charge in [0.25, 0.3) is 0 Å². The van der Waals surface area contributed by atoms with Crippen molar-refractivity contribution in [1.29, 1.82) is 0 Å². The van der Waals surface area contributed by atoms with Crippen molar-refractivity contribution in [2.45, 2.75) is 6.92 Å². The first-order valence-electron chi connectivity index (χ1n) is 5.06. The molecule has 0 aliphatic carbocycles. The summed E-state index contributed by atoms with van der Waals surface area (Å²) < 4.78 is 9.53. The fraction of sp³-hybridized carbons (Fsp3) is 0.231. The molecule has 0 unspecified atom stereocenters. The van der Waals surface area contributed by atoms with Crippen LogP contribution in [0.4, 0.5) is 0 Å². The highest BCUT2D eigenvalue weighted by molar-refractivity contribution is 6.14. The number of hydrogen-bond acceptors (Lipinski definition) is 4. The van der Waals surface area contributed by atoms with Gasteiger partial charge in [-0.3, -0.25) is 0 Å². The highest BCUT2D eigenvalue weighted by Gasteiger charge is 2.19. The molecule has 0 atom stereocenters. The quantitative estimate of drug-likeness (QED) is 0.169. The maximum Gasteiger partial charge on any atom is 0.345 e. The third-order valence-electron chi connectivity index (χ3n) is 1.56. The van der Waals surface area contributed by atoms with Crippen molar-refractivity contribution >= 4 is 11.9 Å². The van der Waals surface area contributed by atoms with Gasteiger partial charge in [-0.25, -0.2) is 9.59 Å². The SMILES string of the molecule is C=CCOC(=O)C(=C/C=C/C)C(=O)OCC=C. The van der Waals surface area contributed by atoms with E-state index in [4.69, 9.17) is 9.47 Å². The molecule has 0 bridgehead atoms. The lowest BCUT2D eigenvalue weighted by Gasteiger charge is -2.05. The van der Waals surface area contributed by atoms with Crippen LogP contribution in [0.5, 0.6) is 0 Å². The number of carbonyl (C=O) groups excluding carboxylic acids is 2. The van der Waals surface area contributed by atoms with E-state index in [9.17, 15) is 9.59 Å². The van der Waals surface area contributed by atoms with Crippen LogP contribution >= 0.6 is 0 Å². The molecular weight excluding hydrogens is 220 g/mol. The second-order valence-corrected chi connectivity index (χ2v) is 2.88. The van der Waals surface area contributed by atoms with Gasteiger partial charge in [0, 0.05) is 0 Å². The van der Waals surface area contributed by atoms with Crippen molar-refractivity contribution in [3.63, 3.8) is 0 Å². The van der Waals surface area contributed by atoms with E-state index in [2.05, 4.69) is 13.2 Å². The van der Waals surface area contributed by atoms with Crippen LogP contribution < -0.4 is 0 Å². The lowest BCUT2D eigenvalue weighted by molar-refractivity contribution is -0.145. The molecule has 0 aliphatic heterocycles. The van der Waals surface area contributed by atoms with Gasteiger partial charge in [-0.05, 0) is 13.0 Å². The molecule has 0 radical (unpaired) electrons. The lowest BCUT2D eigenvalue weighted by atomic mass is 10.2. The third kappa shape index (κ3) is 6.14. The summed E-state index contributed by atoms with van der Waals surface area (Å²) in [6.07, 6.45) is 7.42. The van der Waals surface area contributed by atoms with E-state index in [0.29, 0.717) is 0 Å². The Labute approximate surface area is 101 Å². The molecule has 0 saturated heterocycles. The molecule has 92 valence electrons. The number of ether oxygens (including phenoxy) is 2. The van der Waals surface area contributed by atoms with E-state index >= 15 is 0 Å². The Morgan fingerprint density at radius 2 is 1.53 bits per heavy atom. The Morgan fingerprint density at radius 1 is 1.06 bits per heavy atom. The first-order chi connectivity index (χ1) is 8.17. The van der Waals surface area contributed by atoms with Crippen LogP contribution in [0.3, 0.4) is 0 Å². The second kappa shape index (κ2) is 9.15. The Bertz CT molecular complexity index is 324. The molecule has 0 rings (SSSR count). The number of hydrogen-bond donors (Lipinski definition) is 0. The number of rotatable bonds is 7. The minimum absolute atomic E-state index is 0.0424. The van der Waals surface area contributed by atoms with Crippen molar-refractivity contribution in [2.75, 3.05) is 13.2 Å². The fourth-order valence-electron chi connectivity index (χ4n) is 0.837. The lowest BCUT2D eigenvalue weighted by Crippen LogP contribution is -2.18. The van der Waals surface area contributed by atoms with E-state index in [1.165, 1.54) is 18.2 Å². The monoisotopic (exact) mass is 236 g/mol. The zero-order valence-corrected chi connectivity index (χ0v) is 9.85. The fourth-order valence-corrected chi connectivity index (χ4v) is 0.837. The maximum absolute atomic E-state index is 11.5. The van der Waals surface area contributed by atoms with Crippen LogP contribution in [0, 0.1) is 0 Å². The summed E-state index contributed by atoms with van der Waals surface area (Å²) in [6, 6.07) is 0. The minimum atomic E-state index is -0.739. The van der Waals surface area contributed by atoms with Gasteiger partial charge in [0.2, 0.25) is 0 Å². The second-order valence-electron chi connectivity index (χ2n) is 2.88. The molecule has 0 aromatic heterocycles. The zero-order chi connectivity index (χ0) is 13.1. The third-order valence-corrected chi connectivity index (χ3v) is 1.56. The molecule has 0 amide bonds.